The van der Waals surface area contributed by atoms with E-state index < -0.39 is 16.7 Å². The van der Waals surface area contributed by atoms with Crippen molar-refractivity contribution in [2.75, 3.05) is 0 Å². The van der Waals surface area contributed by atoms with Crippen LogP contribution < -0.4 is 22.2 Å². The molecule has 214 valence electrons. The summed E-state index contributed by atoms with van der Waals surface area (Å²) >= 11 is 0. The molecule has 1 saturated carbocycles. The Morgan fingerprint density at radius 3 is 2.15 bits per heavy atom. The summed E-state index contributed by atoms with van der Waals surface area (Å²) in [6.45, 7) is 4.10. The number of fused-ring (bicyclic) bond motifs is 2. The molecule has 6 nitrogen and oxygen atoms in total. The first-order chi connectivity index (χ1) is 19.8. The second-order valence-electron chi connectivity index (χ2n) is 11.8. The molecule has 2 aromatic carbocycles. The number of aromatic nitrogens is 2. The molecule has 0 bridgehead atoms. The molecule has 2 aromatic heterocycles. The molecule has 41 heavy (non-hydrogen) atoms. The first-order valence-corrected chi connectivity index (χ1v) is 15.1. The van der Waals surface area contributed by atoms with Crippen molar-refractivity contribution < 1.29 is 0 Å². The van der Waals surface area contributed by atoms with Crippen molar-refractivity contribution in [3.8, 4) is 5.69 Å². The van der Waals surface area contributed by atoms with E-state index in [0.29, 0.717) is 40.3 Å². The monoisotopic (exact) mass is 552 g/mol. The Morgan fingerprint density at radius 1 is 0.780 bits per heavy atom. The van der Waals surface area contributed by atoms with E-state index in [9.17, 15) is 19.2 Å². The number of hydrogen-bond acceptors (Lipinski definition) is 4. The summed E-state index contributed by atoms with van der Waals surface area (Å²) in [4.78, 5) is 53.6. The molecule has 0 saturated heterocycles. The van der Waals surface area contributed by atoms with E-state index in [0.717, 1.165) is 55.1 Å². The second-order valence-corrected chi connectivity index (χ2v) is 11.8. The maximum absolute atomic E-state index is 13.8. The standard InChI is InChI=1S/C35H40N2O4/c1-4-5-6-7-8-9-10-11-14-24-16-18-25(19-17-24)21-27-30-28(32(38)36(3)34(30)40)22-29-31(27)35(41)37(33(29)39)26-15-12-13-23(2)20-26/h6-7,9-10,12-13,15,20,22,24-25H,4-5,8,11,14,16-19,21H2,1-3H3/b7-6+,10-9+. The van der Waals surface area contributed by atoms with Crippen LogP contribution in [0.4, 0.5) is 0 Å². The van der Waals surface area contributed by atoms with E-state index >= 15 is 0 Å². The predicted molar refractivity (Wildman–Crippen MR) is 168 cm³/mol. The van der Waals surface area contributed by atoms with Crippen LogP contribution in [-0.2, 0) is 13.5 Å². The largest absolute Gasteiger partial charge is 0.277 e. The summed E-state index contributed by atoms with van der Waals surface area (Å²) in [5, 5.41) is 1.07. The topological polar surface area (TPSA) is 78.1 Å². The summed E-state index contributed by atoms with van der Waals surface area (Å²) < 4.78 is 2.29. The number of aryl methyl sites for hydroxylation is 1. The highest BCUT2D eigenvalue weighted by Gasteiger charge is 2.28. The Hall–Kier alpha value is -3.80. The molecule has 1 aliphatic rings. The summed E-state index contributed by atoms with van der Waals surface area (Å²) in [7, 11) is 1.46. The third kappa shape index (κ3) is 5.70. The molecule has 0 radical (unpaired) electrons. The Balaban J connectivity index is 1.41. The van der Waals surface area contributed by atoms with Crippen molar-refractivity contribution in [3.63, 3.8) is 0 Å². The molecular weight excluding hydrogens is 512 g/mol. The number of allylic oxidation sites excluding steroid dienone is 4. The fraction of sp³-hybridized carbons (Fsp3) is 0.429. The first-order valence-electron chi connectivity index (χ1n) is 15.1. The summed E-state index contributed by atoms with van der Waals surface area (Å²) in [6.07, 6.45) is 19.4. The molecule has 4 aromatic rings. The Kier molecular flexibility index (Phi) is 8.67. The van der Waals surface area contributed by atoms with Gasteiger partial charge in [-0.1, -0.05) is 62.6 Å². The zero-order chi connectivity index (χ0) is 29.1. The van der Waals surface area contributed by atoms with Crippen LogP contribution in [0.3, 0.4) is 0 Å². The van der Waals surface area contributed by atoms with Gasteiger partial charge in [-0.2, -0.15) is 0 Å². The van der Waals surface area contributed by atoms with Crippen molar-refractivity contribution >= 4 is 21.5 Å². The van der Waals surface area contributed by atoms with Crippen molar-refractivity contribution in [1.82, 2.24) is 9.13 Å². The highest BCUT2D eigenvalue weighted by Crippen LogP contribution is 2.35. The summed E-state index contributed by atoms with van der Waals surface area (Å²) in [5.41, 5.74) is 0.368. The van der Waals surface area contributed by atoms with Crippen LogP contribution in [-0.4, -0.2) is 9.13 Å². The molecule has 0 spiro atoms. The highest BCUT2D eigenvalue weighted by atomic mass is 16.2. The number of unbranched alkanes of at least 4 members (excludes halogenated alkanes) is 1. The van der Waals surface area contributed by atoms with Gasteiger partial charge in [0, 0.05) is 7.05 Å². The van der Waals surface area contributed by atoms with Crippen molar-refractivity contribution in [3.05, 3.63) is 107 Å². The minimum Gasteiger partial charge on any atom is -0.277 e. The van der Waals surface area contributed by atoms with Crippen LogP contribution in [0.5, 0.6) is 0 Å². The average molecular weight is 553 g/mol. The van der Waals surface area contributed by atoms with Gasteiger partial charge >= 0.3 is 0 Å². The quantitative estimate of drug-likeness (QED) is 0.220. The van der Waals surface area contributed by atoms with Crippen molar-refractivity contribution in [2.45, 2.75) is 78.1 Å². The van der Waals surface area contributed by atoms with Gasteiger partial charge in [-0.3, -0.25) is 23.7 Å². The third-order valence-corrected chi connectivity index (χ3v) is 8.86. The zero-order valence-corrected chi connectivity index (χ0v) is 24.4. The van der Waals surface area contributed by atoms with Crippen molar-refractivity contribution in [1.29, 1.82) is 0 Å². The van der Waals surface area contributed by atoms with E-state index in [1.165, 1.54) is 30.5 Å². The number of benzene rings is 2. The molecular formula is C35H40N2O4. The van der Waals surface area contributed by atoms with Crippen LogP contribution in [0.1, 0.15) is 75.8 Å². The lowest BCUT2D eigenvalue weighted by Crippen LogP contribution is -2.24. The van der Waals surface area contributed by atoms with Gasteiger partial charge in [0.05, 0.1) is 27.2 Å². The van der Waals surface area contributed by atoms with Crippen molar-refractivity contribution in [2.24, 2.45) is 18.9 Å². The average Bonchev–Trinajstić information content (AvgIpc) is 3.34. The van der Waals surface area contributed by atoms with E-state index in [-0.39, 0.29) is 16.3 Å². The SMILES string of the molecule is CCC/C=C/C/C=C/CCC1CCC(Cc2c3c(=O)n(C)c(=O)c3cc3c(=O)n(-c4cccc(C)c4)c(=O)c23)CC1. The van der Waals surface area contributed by atoms with Gasteiger partial charge in [0.25, 0.3) is 22.2 Å². The Bertz CT molecular complexity index is 1820. The molecule has 6 heteroatoms. The maximum Gasteiger partial charge on any atom is 0.266 e. The Morgan fingerprint density at radius 2 is 1.44 bits per heavy atom. The molecule has 0 unspecified atom stereocenters. The molecule has 0 atom stereocenters. The minimum atomic E-state index is -0.438. The van der Waals surface area contributed by atoms with Crippen LogP contribution in [0, 0.1) is 18.8 Å². The summed E-state index contributed by atoms with van der Waals surface area (Å²) in [5.74, 6) is 0.971. The first kappa shape index (κ1) is 28.7. The van der Waals surface area contributed by atoms with Gasteiger partial charge in [-0.05, 0) is 93.0 Å². The molecule has 0 aliphatic heterocycles. The van der Waals surface area contributed by atoms with Crippen LogP contribution >= 0.6 is 0 Å². The predicted octanol–water partition coefficient (Wildman–Crippen LogP) is 6.18. The molecule has 0 amide bonds. The molecule has 1 aliphatic carbocycles. The fourth-order valence-electron chi connectivity index (χ4n) is 6.55. The molecule has 5 rings (SSSR count). The van der Waals surface area contributed by atoms with E-state index in [1.54, 1.807) is 12.1 Å². The van der Waals surface area contributed by atoms with E-state index in [2.05, 4.69) is 31.2 Å². The van der Waals surface area contributed by atoms with E-state index in [1.807, 2.05) is 19.1 Å². The van der Waals surface area contributed by atoms with Gasteiger partial charge in [-0.15, -0.1) is 0 Å². The molecule has 1 fully saturated rings. The highest BCUT2D eigenvalue weighted by molar-refractivity contribution is 6.02. The van der Waals surface area contributed by atoms with Gasteiger partial charge < -0.3 is 0 Å². The lowest BCUT2D eigenvalue weighted by Gasteiger charge is -2.28. The van der Waals surface area contributed by atoms with Gasteiger partial charge in [-0.25, -0.2) is 4.57 Å². The molecule has 2 heterocycles. The second kappa shape index (κ2) is 12.4. The minimum absolute atomic E-state index is 0.228. The normalized spacial score (nSPS) is 18.0. The van der Waals surface area contributed by atoms with Crippen LogP contribution in [0.15, 0.2) is 73.8 Å². The number of rotatable bonds is 10. The number of nitrogens with zero attached hydrogens (tertiary/aromatic N) is 2. The molecule has 0 N–H and O–H groups in total. The summed E-state index contributed by atoms with van der Waals surface area (Å²) in [6, 6.07) is 8.74. The van der Waals surface area contributed by atoms with Gasteiger partial charge in [0.1, 0.15) is 0 Å². The van der Waals surface area contributed by atoms with Crippen LogP contribution in [0.2, 0.25) is 0 Å². The third-order valence-electron chi connectivity index (χ3n) is 8.86. The van der Waals surface area contributed by atoms with Crippen LogP contribution in [0.25, 0.3) is 27.2 Å². The van der Waals surface area contributed by atoms with Gasteiger partial charge in [0.2, 0.25) is 0 Å². The number of hydrogen-bond donors (Lipinski definition) is 0. The fourth-order valence-corrected chi connectivity index (χ4v) is 6.55. The van der Waals surface area contributed by atoms with E-state index in [4.69, 9.17) is 0 Å². The lowest BCUT2D eigenvalue weighted by atomic mass is 9.77. The Labute approximate surface area is 240 Å². The van der Waals surface area contributed by atoms with Gasteiger partial charge in [0.15, 0.2) is 0 Å². The lowest BCUT2D eigenvalue weighted by molar-refractivity contribution is 0.264. The zero-order valence-electron chi connectivity index (χ0n) is 24.4. The smallest absolute Gasteiger partial charge is 0.266 e. The maximum atomic E-state index is 13.8.